The maximum Gasteiger partial charge on any atom is 0.264 e. The van der Waals surface area contributed by atoms with Crippen molar-refractivity contribution < 1.29 is 22.4 Å². The number of ether oxygens (including phenoxy) is 1. The van der Waals surface area contributed by atoms with Crippen LogP contribution in [-0.2, 0) is 14.8 Å². The molecule has 0 spiro atoms. The van der Waals surface area contributed by atoms with Crippen LogP contribution in [0, 0.1) is 0 Å². The van der Waals surface area contributed by atoms with E-state index in [1.54, 1.807) is 55.6 Å². The van der Waals surface area contributed by atoms with Crippen molar-refractivity contribution in [3.63, 3.8) is 0 Å². The lowest BCUT2D eigenvalue weighted by Gasteiger charge is -2.22. The molecule has 4 rings (SSSR count). The summed E-state index contributed by atoms with van der Waals surface area (Å²) in [6, 6.07) is 15.0. The van der Waals surface area contributed by atoms with Crippen molar-refractivity contribution in [1.82, 2.24) is 0 Å². The predicted octanol–water partition coefficient (Wildman–Crippen LogP) is 5.10. The Morgan fingerprint density at radius 3 is 2.41 bits per heavy atom. The van der Waals surface area contributed by atoms with Gasteiger partial charge in [0.2, 0.25) is 5.91 Å². The molecule has 1 amide bonds. The zero-order chi connectivity index (χ0) is 24.1. The van der Waals surface area contributed by atoms with Crippen LogP contribution in [0.3, 0.4) is 0 Å². The first-order valence-corrected chi connectivity index (χ1v) is 12.9. The van der Waals surface area contributed by atoms with Crippen molar-refractivity contribution in [2.75, 3.05) is 35.1 Å². The van der Waals surface area contributed by atoms with Gasteiger partial charge in [0.25, 0.3) is 10.0 Å². The number of halogens is 1. The molecule has 3 aromatic rings. The van der Waals surface area contributed by atoms with Gasteiger partial charge in [-0.25, -0.2) is 8.42 Å². The topological polar surface area (TPSA) is 101 Å². The largest absolute Gasteiger partial charge is 0.497 e. The van der Waals surface area contributed by atoms with Crippen LogP contribution in [0.15, 0.2) is 74.7 Å². The Hall–Kier alpha value is -3.24. The minimum absolute atomic E-state index is 0.0990. The molecule has 0 bridgehead atoms. The number of hydrogen-bond donors (Lipinski definition) is 2. The van der Waals surface area contributed by atoms with Gasteiger partial charge in [-0.1, -0.05) is 0 Å². The number of nitrogens with one attached hydrogen (secondary N) is 2. The average Bonchev–Trinajstić information content (AvgIpc) is 3.50. The van der Waals surface area contributed by atoms with Crippen LogP contribution in [0.1, 0.15) is 18.6 Å². The Bertz CT molecular complexity index is 1300. The van der Waals surface area contributed by atoms with Crippen LogP contribution in [0.25, 0.3) is 6.08 Å². The smallest absolute Gasteiger partial charge is 0.264 e. The van der Waals surface area contributed by atoms with E-state index in [1.807, 2.05) is 4.90 Å². The fraction of sp³-hybridized carbons (Fsp3) is 0.208. The third-order valence-corrected chi connectivity index (χ3v) is 7.14. The summed E-state index contributed by atoms with van der Waals surface area (Å²) in [6.07, 6.45) is 4.85. The number of amides is 1. The zero-order valence-corrected chi connectivity index (χ0v) is 20.9. The van der Waals surface area contributed by atoms with Crippen LogP contribution in [0.4, 0.5) is 17.1 Å². The molecule has 0 saturated carbocycles. The lowest BCUT2D eigenvalue weighted by atomic mass is 10.2. The summed E-state index contributed by atoms with van der Waals surface area (Å²) < 4.78 is 40.4. The summed E-state index contributed by atoms with van der Waals surface area (Å²) in [5, 5.41) is 2.72. The Labute approximate surface area is 206 Å². The summed E-state index contributed by atoms with van der Waals surface area (Å²) >= 11 is 3.21. The molecule has 34 heavy (non-hydrogen) atoms. The van der Waals surface area contributed by atoms with Crippen molar-refractivity contribution in [2.45, 2.75) is 17.7 Å². The van der Waals surface area contributed by atoms with Crippen LogP contribution in [-0.4, -0.2) is 34.5 Å². The number of furan rings is 1. The summed E-state index contributed by atoms with van der Waals surface area (Å²) in [6.45, 7) is 1.55. The monoisotopic (exact) mass is 545 g/mol. The molecule has 1 aromatic heterocycles. The predicted molar refractivity (Wildman–Crippen MR) is 136 cm³/mol. The van der Waals surface area contributed by atoms with E-state index in [9.17, 15) is 13.2 Å². The van der Waals surface area contributed by atoms with Crippen molar-refractivity contribution in [1.29, 1.82) is 0 Å². The lowest BCUT2D eigenvalue weighted by molar-refractivity contribution is -0.111. The molecule has 1 fully saturated rings. The standard InChI is InChI=1S/C24H24BrN3O5S/c1-32-19-7-4-17(5-8-19)27-34(30,31)22-16-18(6-11-21(22)28-14-2-3-15-28)26-24(29)13-10-20-9-12-23(25)33-20/h4-13,16,27H,2-3,14-15H2,1H3,(H,26,29)/b13-10+. The van der Waals surface area contributed by atoms with Gasteiger partial charge < -0.3 is 19.4 Å². The highest BCUT2D eigenvalue weighted by Gasteiger charge is 2.25. The van der Waals surface area contributed by atoms with E-state index in [1.165, 1.54) is 18.2 Å². The van der Waals surface area contributed by atoms with E-state index >= 15 is 0 Å². The van der Waals surface area contributed by atoms with E-state index in [4.69, 9.17) is 9.15 Å². The van der Waals surface area contributed by atoms with E-state index in [2.05, 4.69) is 26.0 Å². The van der Waals surface area contributed by atoms with Gasteiger partial charge >= 0.3 is 0 Å². The molecule has 0 unspecified atom stereocenters. The van der Waals surface area contributed by atoms with Gasteiger partial charge in [0.05, 0.1) is 12.8 Å². The third kappa shape index (κ3) is 5.81. The van der Waals surface area contributed by atoms with Crippen LogP contribution >= 0.6 is 15.9 Å². The number of benzene rings is 2. The Kier molecular flexibility index (Phi) is 7.28. The van der Waals surface area contributed by atoms with Crippen molar-refractivity contribution in [2.24, 2.45) is 0 Å². The van der Waals surface area contributed by atoms with E-state index < -0.39 is 15.9 Å². The molecule has 2 N–H and O–H groups in total. The van der Waals surface area contributed by atoms with Gasteiger partial charge in [0, 0.05) is 30.5 Å². The molecular weight excluding hydrogens is 522 g/mol. The molecule has 0 radical (unpaired) electrons. The Morgan fingerprint density at radius 2 is 1.76 bits per heavy atom. The molecule has 8 nitrogen and oxygen atoms in total. The van der Waals surface area contributed by atoms with Gasteiger partial charge in [0.1, 0.15) is 16.4 Å². The number of carbonyl (C=O) groups is 1. The normalized spacial score (nSPS) is 13.9. The van der Waals surface area contributed by atoms with Gasteiger partial charge in [-0.3, -0.25) is 9.52 Å². The van der Waals surface area contributed by atoms with Gasteiger partial charge in [0.15, 0.2) is 4.67 Å². The highest BCUT2D eigenvalue weighted by Crippen LogP contribution is 2.32. The first-order chi connectivity index (χ1) is 16.3. The molecule has 1 saturated heterocycles. The van der Waals surface area contributed by atoms with Crippen LogP contribution in [0.2, 0.25) is 0 Å². The number of methoxy groups -OCH3 is 1. The van der Waals surface area contributed by atoms with E-state index in [0.29, 0.717) is 33.2 Å². The Morgan fingerprint density at radius 1 is 1.06 bits per heavy atom. The third-order valence-electron chi connectivity index (χ3n) is 5.30. The second-order valence-corrected chi connectivity index (χ2v) is 10.1. The number of anilines is 3. The van der Waals surface area contributed by atoms with Crippen molar-refractivity contribution in [3.8, 4) is 5.75 Å². The highest BCUT2D eigenvalue weighted by atomic mass is 79.9. The average molecular weight is 546 g/mol. The quantitative estimate of drug-likeness (QED) is 0.381. The molecule has 10 heteroatoms. The summed E-state index contributed by atoms with van der Waals surface area (Å²) in [5.74, 6) is 0.728. The Balaban J connectivity index is 1.59. The first kappa shape index (κ1) is 23.9. The molecule has 2 aromatic carbocycles. The van der Waals surface area contributed by atoms with Gasteiger partial charge in [-0.05, 0) is 89.4 Å². The molecule has 2 heterocycles. The van der Waals surface area contributed by atoms with E-state index in [0.717, 1.165) is 25.9 Å². The minimum atomic E-state index is -3.93. The molecular formula is C24H24BrN3O5S. The number of hydrogen-bond acceptors (Lipinski definition) is 6. The fourth-order valence-electron chi connectivity index (χ4n) is 3.66. The summed E-state index contributed by atoms with van der Waals surface area (Å²) in [7, 11) is -2.39. The highest BCUT2D eigenvalue weighted by molar-refractivity contribution is 9.10. The summed E-state index contributed by atoms with van der Waals surface area (Å²) in [4.78, 5) is 14.6. The van der Waals surface area contributed by atoms with Crippen LogP contribution < -0.4 is 19.7 Å². The molecule has 178 valence electrons. The van der Waals surface area contributed by atoms with Crippen molar-refractivity contribution in [3.05, 3.63) is 71.1 Å². The number of rotatable bonds is 8. The second kappa shape index (κ2) is 10.4. The van der Waals surface area contributed by atoms with E-state index in [-0.39, 0.29) is 4.90 Å². The minimum Gasteiger partial charge on any atom is -0.497 e. The first-order valence-electron chi connectivity index (χ1n) is 10.6. The van der Waals surface area contributed by atoms with Gasteiger partial charge in [-0.15, -0.1) is 0 Å². The number of nitrogens with zero attached hydrogens (tertiary/aromatic N) is 1. The van der Waals surface area contributed by atoms with Crippen LogP contribution in [0.5, 0.6) is 5.75 Å². The molecule has 0 atom stereocenters. The lowest BCUT2D eigenvalue weighted by Crippen LogP contribution is -2.23. The molecule has 0 aliphatic carbocycles. The SMILES string of the molecule is COc1ccc(NS(=O)(=O)c2cc(NC(=O)/C=C/c3ccc(Br)o3)ccc2N2CCCC2)cc1. The fourth-order valence-corrected chi connectivity index (χ4v) is 5.29. The molecule has 1 aliphatic rings. The zero-order valence-electron chi connectivity index (χ0n) is 18.5. The number of sulfonamides is 1. The molecule has 1 aliphatic heterocycles. The van der Waals surface area contributed by atoms with Crippen molar-refractivity contribution >= 4 is 55.0 Å². The summed E-state index contributed by atoms with van der Waals surface area (Å²) in [5.41, 5.74) is 1.39. The maximum atomic E-state index is 13.4. The maximum absolute atomic E-state index is 13.4. The second-order valence-electron chi connectivity index (χ2n) is 7.68. The van der Waals surface area contributed by atoms with Gasteiger partial charge in [-0.2, -0.15) is 0 Å². The number of carbonyl (C=O) groups excluding carboxylic acids is 1.